The molecule has 242 valence electrons. The van der Waals surface area contributed by atoms with Gasteiger partial charge >= 0.3 is 6.18 Å². The molecule has 2 aliphatic rings. The molecule has 5 aromatic rings. The van der Waals surface area contributed by atoms with Crippen molar-refractivity contribution in [3.63, 3.8) is 0 Å². The molecular formula is C33H29ClF3N7O3. The standard InChI is InChI=1S/C33H29ClF3N7O3/c1-16-9-20(19-5-8-27-38-18(3)41-43(27)13-19)10-21-22(17(2)45)14-42(29(16)21)15-28(46)44-24(11-32(4)12-26(32)44)31(47)40-30-23(34)6-7-25(39-30)33(35,36)37/h5-10,13-14,24,26H,11-12,15H2,1-4H3,(H,39,40,47)/t24-,26?,32-/m0/s1. The fourth-order valence-electron chi connectivity index (χ4n) is 6.87. The summed E-state index contributed by atoms with van der Waals surface area (Å²) in [6.07, 6.45) is -0.148. The van der Waals surface area contributed by atoms with Gasteiger partial charge in [-0.05, 0) is 86.6 Å². The Morgan fingerprint density at radius 1 is 1.04 bits per heavy atom. The molecule has 1 saturated heterocycles. The Balaban J connectivity index is 1.19. The number of carbonyl (C=O) groups is 3. The van der Waals surface area contributed by atoms with Crippen LogP contribution in [0.25, 0.3) is 27.7 Å². The Labute approximate surface area is 271 Å². The second-order valence-electron chi connectivity index (χ2n) is 12.7. The van der Waals surface area contributed by atoms with Crippen LogP contribution in [-0.4, -0.2) is 58.7 Å². The molecule has 14 heteroatoms. The molecule has 4 aromatic heterocycles. The van der Waals surface area contributed by atoms with Crippen LogP contribution in [0.3, 0.4) is 0 Å². The molecule has 2 amide bonds. The number of benzene rings is 1. The summed E-state index contributed by atoms with van der Waals surface area (Å²) in [5, 5.41) is 7.36. The number of likely N-dealkylation sites (tertiary alicyclic amines) is 1. The molecule has 0 spiro atoms. The van der Waals surface area contributed by atoms with E-state index in [1.807, 2.05) is 51.2 Å². The van der Waals surface area contributed by atoms with Gasteiger partial charge in [-0.1, -0.05) is 18.5 Å². The maximum absolute atomic E-state index is 14.0. The Hall–Kier alpha value is -4.78. The Morgan fingerprint density at radius 2 is 1.81 bits per heavy atom. The van der Waals surface area contributed by atoms with Crippen molar-refractivity contribution in [2.75, 3.05) is 5.32 Å². The zero-order valence-electron chi connectivity index (χ0n) is 25.8. The van der Waals surface area contributed by atoms with Crippen LogP contribution >= 0.6 is 11.6 Å². The number of alkyl halides is 3. The van der Waals surface area contributed by atoms with Crippen LogP contribution in [0.1, 0.15) is 54.1 Å². The second-order valence-corrected chi connectivity index (χ2v) is 13.1. The fraction of sp³-hybridized carbons (Fsp3) is 0.333. The number of Topliss-reactive ketones (excluding diaryl/α,β-unsaturated/α-hetero) is 1. The van der Waals surface area contributed by atoms with E-state index in [2.05, 4.69) is 20.4 Å². The van der Waals surface area contributed by atoms with Crippen molar-refractivity contribution >= 4 is 51.6 Å². The lowest BCUT2D eigenvalue weighted by atomic mass is 9.99. The Kier molecular flexibility index (Phi) is 6.97. The van der Waals surface area contributed by atoms with Gasteiger partial charge in [0.2, 0.25) is 11.8 Å². The van der Waals surface area contributed by atoms with E-state index >= 15 is 0 Å². The molecular weight excluding hydrogens is 635 g/mol. The molecule has 1 unspecified atom stereocenters. The van der Waals surface area contributed by atoms with Gasteiger partial charge in [-0.15, -0.1) is 0 Å². The number of rotatable bonds is 6. The Morgan fingerprint density at radius 3 is 2.53 bits per heavy atom. The summed E-state index contributed by atoms with van der Waals surface area (Å²) in [5.41, 5.74) is 2.97. The molecule has 1 aromatic carbocycles. The van der Waals surface area contributed by atoms with E-state index in [1.165, 1.54) is 11.8 Å². The topological polar surface area (TPSA) is 114 Å². The minimum atomic E-state index is -4.73. The van der Waals surface area contributed by atoms with Crippen LogP contribution in [0.15, 0.2) is 48.8 Å². The van der Waals surface area contributed by atoms with Crippen LogP contribution in [-0.2, 0) is 22.3 Å². The number of hydrogen-bond donors (Lipinski definition) is 1. The first-order chi connectivity index (χ1) is 22.1. The highest BCUT2D eigenvalue weighted by Gasteiger charge is 2.64. The maximum atomic E-state index is 14.0. The number of anilines is 1. The molecule has 1 N–H and O–H groups in total. The first-order valence-corrected chi connectivity index (χ1v) is 15.3. The molecule has 3 atom stereocenters. The van der Waals surface area contributed by atoms with E-state index < -0.39 is 29.6 Å². The van der Waals surface area contributed by atoms with Crippen LogP contribution < -0.4 is 5.32 Å². The summed E-state index contributed by atoms with van der Waals surface area (Å²) < 4.78 is 43.3. The molecule has 0 bridgehead atoms. The van der Waals surface area contributed by atoms with E-state index in [0.717, 1.165) is 28.8 Å². The smallest absolute Gasteiger partial charge is 0.337 e. The minimum absolute atomic E-state index is 0.146. The number of amides is 2. The van der Waals surface area contributed by atoms with Gasteiger partial charge < -0.3 is 14.8 Å². The number of nitrogens with one attached hydrogen (secondary N) is 1. The van der Waals surface area contributed by atoms with Crippen molar-refractivity contribution in [1.82, 2.24) is 29.0 Å². The first kappa shape index (κ1) is 30.9. The van der Waals surface area contributed by atoms with Gasteiger partial charge in [0.15, 0.2) is 17.2 Å². The zero-order valence-corrected chi connectivity index (χ0v) is 26.6. The average molecular weight is 664 g/mol. The number of aryl methyl sites for hydroxylation is 2. The summed E-state index contributed by atoms with van der Waals surface area (Å²) in [7, 11) is 0. The lowest BCUT2D eigenvalue weighted by Crippen LogP contribution is -2.46. The highest BCUT2D eigenvalue weighted by Crippen LogP contribution is 2.59. The molecule has 1 aliphatic carbocycles. The van der Waals surface area contributed by atoms with Crippen molar-refractivity contribution < 1.29 is 27.6 Å². The summed E-state index contributed by atoms with van der Waals surface area (Å²) in [4.78, 5) is 49.7. The number of carbonyl (C=O) groups excluding carboxylic acids is 3. The van der Waals surface area contributed by atoms with Crippen molar-refractivity contribution in [2.45, 2.75) is 65.3 Å². The third kappa shape index (κ3) is 5.32. The molecule has 1 aliphatic heterocycles. The van der Waals surface area contributed by atoms with E-state index in [1.54, 1.807) is 15.3 Å². The highest BCUT2D eigenvalue weighted by molar-refractivity contribution is 6.33. The SMILES string of the molecule is CC(=O)c1cn(CC(=O)N2C3C[C@]3(C)C[C@H]2C(=O)Nc2nc(C(F)(F)F)ccc2Cl)c2c(C)cc(-c3ccc4nc(C)nn4c3)cc12. The van der Waals surface area contributed by atoms with Gasteiger partial charge in [0.25, 0.3) is 0 Å². The molecule has 10 nitrogen and oxygen atoms in total. The predicted molar refractivity (Wildman–Crippen MR) is 168 cm³/mol. The largest absolute Gasteiger partial charge is 0.433 e. The summed E-state index contributed by atoms with van der Waals surface area (Å²) >= 11 is 6.08. The van der Waals surface area contributed by atoms with Gasteiger partial charge in [0.05, 0.1) is 10.5 Å². The predicted octanol–water partition coefficient (Wildman–Crippen LogP) is 6.26. The minimum Gasteiger partial charge on any atom is -0.337 e. The van der Waals surface area contributed by atoms with Crippen molar-refractivity contribution in [2.24, 2.45) is 5.41 Å². The van der Waals surface area contributed by atoms with Gasteiger partial charge in [0.1, 0.15) is 24.1 Å². The third-order valence-electron chi connectivity index (χ3n) is 9.22. The van der Waals surface area contributed by atoms with Gasteiger partial charge in [-0.2, -0.15) is 18.3 Å². The highest BCUT2D eigenvalue weighted by atomic mass is 35.5. The van der Waals surface area contributed by atoms with Crippen LogP contribution in [0, 0.1) is 19.3 Å². The number of aromatic nitrogens is 5. The monoisotopic (exact) mass is 663 g/mol. The van der Waals surface area contributed by atoms with Crippen molar-refractivity contribution in [1.29, 1.82) is 0 Å². The summed E-state index contributed by atoms with van der Waals surface area (Å²) in [6.45, 7) is 7.02. The Bertz CT molecular complexity index is 2160. The number of fused-ring (bicyclic) bond motifs is 3. The quantitative estimate of drug-likeness (QED) is 0.215. The van der Waals surface area contributed by atoms with Crippen molar-refractivity contribution in [3.05, 3.63) is 76.5 Å². The van der Waals surface area contributed by atoms with Crippen LogP contribution in [0.5, 0.6) is 0 Å². The molecule has 5 heterocycles. The summed E-state index contributed by atoms with van der Waals surface area (Å²) in [5.74, 6) is -0.949. The second kappa shape index (κ2) is 10.6. The lowest BCUT2D eigenvalue weighted by molar-refractivity contribution is -0.141. The molecule has 7 rings (SSSR count). The number of hydrogen-bond acceptors (Lipinski definition) is 6. The normalized spacial score (nSPS) is 20.6. The maximum Gasteiger partial charge on any atom is 0.433 e. The van der Waals surface area contributed by atoms with Gasteiger partial charge in [-0.25, -0.2) is 14.5 Å². The van der Waals surface area contributed by atoms with Crippen molar-refractivity contribution in [3.8, 4) is 11.1 Å². The number of pyridine rings is 2. The number of ketones is 1. The molecule has 1 saturated carbocycles. The average Bonchev–Trinajstić information content (AvgIpc) is 3.26. The van der Waals surface area contributed by atoms with E-state index in [0.29, 0.717) is 40.8 Å². The van der Waals surface area contributed by atoms with Crippen LogP contribution in [0.2, 0.25) is 5.02 Å². The summed E-state index contributed by atoms with van der Waals surface area (Å²) in [6, 6.07) is 8.33. The zero-order chi connectivity index (χ0) is 33.6. The number of halogens is 4. The molecule has 47 heavy (non-hydrogen) atoms. The first-order valence-electron chi connectivity index (χ1n) is 15.0. The van der Waals surface area contributed by atoms with E-state index in [-0.39, 0.29) is 34.7 Å². The molecule has 0 radical (unpaired) electrons. The van der Waals surface area contributed by atoms with Gasteiger partial charge in [-0.3, -0.25) is 14.4 Å². The number of piperidine rings is 1. The third-order valence-corrected chi connectivity index (χ3v) is 9.53. The van der Waals surface area contributed by atoms with E-state index in [9.17, 15) is 27.6 Å². The lowest BCUT2D eigenvalue weighted by Gasteiger charge is -2.27. The molecule has 2 fully saturated rings. The fourth-order valence-corrected chi connectivity index (χ4v) is 7.02. The number of nitrogens with zero attached hydrogens (tertiary/aromatic N) is 6. The van der Waals surface area contributed by atoms with Gasteiger partial charge in [0, 0.05) is 34.9 Å². The van der Waals surface area contributed by atoms with E-state index in [4.69, 9.17) is 11.6 Å². The van der Waals surface area contributed by atoms with Crippen LogP contribution in [0.4, 0.5) is 19.0 Å².